The van der Waals surface area contributed by atoms with Gasteiger partial charge in [-0.25, -0.2) is 4.39 Å². The van der Waals surface area contributed by atoms with Crippen molar-refractivity contribution in [3.8, 4) is 5.69 Å². The second-order valence-electron chi connectivity index (χ2n) is 6.87. The fraction of sp³-hybridized carbons (Fsp3) is 0.174. The fourth-order valence-corrected chi connectivity index (χ4v) is 3.99. The van der Waals surface area contributed by atoms with Crippen LogP contribution in [0, 0.1) is 5.82 Å². The van der Waals surface area contributed by atoms with E-state index in [-0.39, 0.29) is 18.3 Å². The number of furan rings is 1. The van der Waals surface area contributed by atoms with Crippen LogP contribution in [-0.4, -0.2) is 27.8 Å². The summed E-state index contributed by atoms with van der Waals surface area (Å²) in [5.41, 5.74) is 1.92. The first-order valence-corrected chi connectivity index (χ1v) is 10.8. The Hall–Kier alpha value is -3.43. The number of benzene rings is 2. The molecule has 0 unspecified atom stereocenters. The summed E-state index contributed by atoms with van der Waals surface area (Å²) in [6.07, 6.45) is 1.57. The molecule has 164 valence electrons. The highest BCUT2D eigenvalue weighted by atomic mass is 32.2. The van der Waals surface area contributed by atoms with Gasteiger partial charge in [0.05, 0.1) is 18.5 Å². The summed E-state index contributed by atoms with van der Waals surface area (Å²) in [7, 11) is 1.56. The number of nitrogens with one attached hydrogen (secondary N) is 1. The van der Waals surface area contributed by atoms with E-state index in [0.717, 1.165) is 5.56 Å². The molecule has 0 aliphatic heterocycles. The lowest BCUT2D eigenvalue weighted by atomic mass is 10.1. The predicted octanol–water partition coefficient (Wildman–Crippen LogP) is 4.37. The molecule has 1 N–H and O–H groups in total. The van der Waals surface area contributed by atoms with Crippen molar-refractivity contribution in [1.82, 2.24) is 20.1 Å². The van der Waals surface area contributed by atoms with Gasteiger partial charge in [0.15, 0.2) is 11.0 Å². The number of methoxy groups -OCH3 is 1. The number of aromatic nitrogens is 3. The largest absolute Gasteiger partial charge is 0.467 e. The highest BCUT2D eigenvalue weighted by molar-refractivity contribution is 7.98. The first-order valence-electron chi connectivity index (χ1n) is 9.86. The van der Waals surface area contributed by atoms with Crippen LogP contribution >= 0.6 is 11.8 Å². The average Bonchev–Trinajstić information content (AvgIpc) is 3.47. The van der Waals surface area contributed by atoms with Gasteiger partial charge in [-0.05, 0) is 42.0 Å². The van der Waals surface area contributed by atoms with Gasteiger partial charge in [-0.1, -0.05) is 36.0 Å². The highest BCUT2D eigenvalue weighted by Crippen LogP contribution is 2.27. The molecule has 2 aromatic heterocycles. The number of rotatable bonds is 9. The molecule has 2 heterocycles. The van der Waals surface area contributed by atoms with Crippen molar-refractivity contribution >= 4 is 17.7 Å². The minimum atomic E-state index is -0.364. The number of thioether (sulfide) groups is 1. The summed E-state index contributed by atoms with van der Waals surface area (Å²) in [5, 5.41) is 11.7. The van der Waals surface area contributed by atoms with Crippen molar-refractivity contribution in [3.05, 3.63) is 95.5 Å². The number of carbonyl (C=O) groups is 1. The molecule has 4 rings (SSSR count). The van der Waals surface area contributed by atoms with Crippen molar-refractivity contribution < 1.29 is 18.3 Å². The number of halogens is 1. The molecule has 1 amide bonds. The lowest BCUT2D eigenvalue weighted by molar-refractivity contribution is 0.0948. The molecule has 9 heteroatoms. The Morgan fingerprint density at radius 2 is 1.94 bits per heavy atom. The third-order valence-corrected chi connectivity index (χ3v) is 5.65. The molecule has 0 saturated carbocycles. The zero-order valence-electron chi connectivity index (χ0n) is 17.3. The standard InChI is InChI=1S/C23H21FN4O3S/c1-30-14-21-26-27-23(28(21)20-7-3-2-6-19(20)24)32-15-16-8-10-17(11-9-16)22(29)25-13-18-5-4-12-31-18/h2-12H,13-15H2,1H3,(H,25,29). The lowest BCUT2D eigenvalue weighted by Crippen LogP contribution is -2.22. The van der Waals surface area contributed by atoms with Gasteiger partial charge in [-0.3, -0.25) is 9.36 Å². The summed E-state index contributed by atoms with van der Waals surface area (Å²) < 4.78 is 26.5. The first-order chi connectivity index (χ1) is 15.7. The molecular weight excluding hydrogens is 431 g/mol. The summed E-state index contributed by atoms with van der Waals surface area (Å²) in [4.78, 5) is 12.3. The monoisotopic (exact) mass is 452 g/mol. The van der Waals surface area contributed by atoms with Crippen molar-refractivity contribution in [2.75, 3.05) is 7.11 Å². The van der Waals surface area contributed by atoms with Crippen LogP contribution in [0.15, 0.2) is 76.5 Å². The zero-order chi connectivity index (χ0) is 22.3. The quantitative estimate of drug-likeness (QED) is 0.380. The first kappa shape index (κ1) is 21.8. The maximum absolute atomic E-state index is 14.4. The van der Waals surface area contributed by atoms with Gasteiger partial charge in [-0.2, -0.15) is 0 Å². The fourth-order valence-electron chi connectivity index (χ4n) is 3.07. The molecule has 32 heavy (non-hydrogen) atoms. The maximum Gasteiger partial charge on any atom is 0.251 e. The van der Waals surface area contributed by atoms with Crippen LogP contribution in [0.2, 0.25) is 0 Å². The Bertz CT molecular complexity index is 1180. The van der Waals surface area contributed by atoms with Crippen LogP contribution in [-0.2, 0) is 23.6 Å². The van der Waals surface area contributed by atoms with Crippen LogP contribution in [0.1, 0.15) is 27.5 Å². The molecule has 0 aliphatic carbocycles. The molecule has 0 radical (unpaired) electrons. The highest BCUT2D eigenvalue weighted by Gasteiger charge is 2.17. The Morgan fingerprint density at radius 1 is 1.12 bits per heavy atom. The van der Waals surface area contributed by atoms with Crippen LogP contribution in [0.4, 0.5) is 4.39 Å². The third-order valence-electron chi connectivity index (χ3n) is 4.65. The van der Waals surface area contributed by atoms with Crippen molar-refractivity contribution in [2.24, 2.45) is 0 Å². The Labute approximate surface area is 188 Å². The van der Waals surface area contributed by atoms with E-state index in [1.54, 1.807) is 60.4 Å². The van der Waals surface area contributed by atoms with Crippen molar-refractivity contribution in [1.29, 1.82) is 0 Å². The molecule has 0 aliphatic rings. The molecule has 0 fully saturated rings. The summed E-state index contributed by atoms with van der Waals surface area (Å²) in [6, 6.07) is 17.4. The summed E-state index contributed by atoms with van der Waals surface area (Å²) >= 11 is 1.43. The van der Waals surface area contributed by atoms with E-state index in [4.69, 9.17) is 9.15 Å². The van der Waals surface area contributed by atoms with E-state index in [0.29, 0.717) is 40.3 Å². The second-order valence-corrected chi connectivity index (χ2v) is 7.81. The molecule has 2 aromatic carbocycles. The van der Waals surface area contributed by atoms with E-state index >= 15 is 0 Å². The molecular formula is C23H21FN4O3S. The van der Waals surface area contributed by atoms with Crippen molar-refractivity contribution in [3.63, 3.8) is 0 Å². The average molecular weight is 453 g/mol. The molecule has 7 nitrogen and oxygen atoms in total. The number of carbonyl (C=O) groups excluding carboxylic acids is 1. The number of ether oxygens (including phenoxy) is 1. The molecule has 0 spiro atoms. The van der Waals surface area contributed by atoms with Crippen molar-refractivity contribution in [2.45, 2.75) is 24.1 Å². The summed E-state index contributed by atoms with van der Waals surface area (Å²) in [6.45, 7) is 0.544. The minimum absolute atomic E-state index is 0.177. The molecule has 0 atom stereocenters. The maximum atomic E-state index is 14.4. The Morgan fingerprint density at radius 3 is 2.66 bits per heavy atom. The molecule has 0 bridgehead atoms. The molecule has 4 aromatic rings. The minimum Gasteiger partial charge on any atom is -0.467 e. The van der Waals surface area contributed by atoms with Crippen LogP contribution in [0.25, 0.3) is 5.69 Å². The van der Waals surface area contributed by atoms with Crippen LogP contribution in [0.3, 0.4) is 0 Å². The number of amides is 1. The van der Waals surface area contributed by atoms with E-state index in [1.165, 1.54) is 17.8 Å². The Balaban J connectivity index is 1.43. The molecule has 0 saturated heterocycles. The lowest BCUT2D eigenvalue weighted by Gasteiger charge is -2.11. The van der Waals surface area contributed by atoms with Gasteiger partial charge in [0.2, 0.25) is 0 Å². The normalized spacial score (nSPS) is 10.9. The third kappa shape index (κ3) is 5.06. The Kier molecular flexibility index (Phi) is 6.98. The van der Waals surface area contributed by atoms with Gasteiger partial charge in [0.1, 0.15) is 18.2 Å². The topological polar surface area (TPSA) is 82.2 Å². The number of hydrogen-bond donors (Lipinski definition) is 1. The zero-order valence-corrected chi connectivity index (χ0v) is 18.1. The van der Waals surface area contributed by atoms with Gasteiger partial charge in [-0.15, -0.1) is 10.2 Å². The van der Waals surface area contributed by atoms with Gasteiger partial charge in [0.25, 0.3) is 5.91 Å². The predicted molar refractivity (Wildman–Crippen MR) is 118 cm³/mol. The van der Waals surface area contributed by atoms with Crippen LogP contribution < -0.4 is 5.32 Å². The number of nitrogens with zero attached hydrogens (tertiary/aromatic N) is 3. The summed E-state index contributed by atoms with van der Waals surface area (Å²) in [5.74, 6) is 1.25. The van der Waals surface area contributed by atoms with E-state index in [2.05, 4.69) is 15.5 Å². The smallest absolute Gasteiger partial charge is 0.251 e. The van der Waals surface area contributed by atoms with Gasteiger partial charge >= 0.3 is 0 Å². The van der Waals surface area contributed by atoms with E-state index in [9.17, 15) is 9.18 Å². The number of para-hydroxylation sites is 1. The SMILES string of the molecule is COCc1nnc(SCc2ccc(C(=O)NCc3ccco3)cc2)n1-c1ccccc1F. The van der Waals surface area contributed by atoms with Crippen LogP contribution in [0.5, 0.6) is 0 Å². The van der Waals surface area contributed by atoms with E-state index < -0.39 is 0 Å². The second kappa shape index (κ2) is 10.3. The van der Waals surface area contributed by atoms with Gasteiger partial charge < -0.3 is 14.5 Å². The van der Waals surface area contributed by atoms with E-state index in [1.807, 2.05) is 12.1 Å². The number of hydrogen-bond acceptors (Lipinski definition) is 6. The van der Waals surface area contributed by atoms with Gasteiger partial charge in [0, 0.05) is 18.4 Å².